The second kappa shape index (κ2) is 9.43. The monoisotopic (exact) mass is 395 g/mol. The minimum Gasteiger partial charge on any atom is -0.345 e. The van der Waals surface area contributed by atoms with Gasteiger partial charge in [0.2, 0.25) is 0 Å². The molecule has 150 valence electrons. The molecule has 5 heteroatoms. The largest absolute Gasteiger partial charge is 0.345 e. The van der Waals surface area contributed by atoms with E-state index in [-0.39, 0.29) is 24.1 Å². The summed E-state index contributed by atoms with van der Waals surface area (Å²) >= 11 is 0. The molecule has 0 saturated carbocycles. The van der Waals surface area contributed by atoms with Crippen molar-refractivity contribution in [2.24, 2.45) is 0 Å². The van der Waals surface area contributed by atoms with Crippen molar-refractivity contribution in [2.45, 2.75) is 25.9 Å². The third-order valence-corrected chi connectivity index (χ3v) is 4.94. The molecular formula is C24H25F2N2O+. The van der Waals surface area contributed by atoms with Gasteiger partial charge in [0.15, 0.2) is 6.54 Å². The summed E-state index contributed by atoms with van der Waals surface area (Å²) in [5.74, 6) is -1.51. The average molecular weight is 395 g/mol. The van der Waals surface area contributed by atoms with Gasteiger partial charge in [0.05, 0.1) is 6.04 Å². The van der Waals surface area contributed by atoms with Crippen molar-refractivity contribution >= 4 is 5.91 Å². The summed E-state index contributed by atoms with van der Waals surface area (Å²) in [6.07, 6.45) is 0. The number of nitrogens with one attached hydrogen (secondary N) is 1. The van der Waals surface area contributed by atoms with E-state index in [9.17, 15) is 13.6 Å². The van der Waals surface area contributed by atoms with Gasteiger partial charge in [-0.15, -0.1) is 0 Å². The average Bonchev–Trinajstić information content (AvgIpc) is 2.70. The maximum absolute atomic E-state index is 13.9. The minimum atomic E-state index is -0.663. The van der Waals surface area contributed by atoms with E-state index >= 15 is 0 Å². The maximum atomic E-state index is 13.9. The van der Waals surface area contributed by atoms with E-state index < -0.39 is 17.7 Å². The molecule has 3 aromatic carbocycles. The maximum Gasteiger partial charge on any atom is 0.275 e. The van der Waals surface area contributed by atoms with Crippen LogP contribution in [-0.4, -0.2) is 12.5 Å². The lowest BCUT2D eigenvalue weighted by Gasteiger charge is -2.18. The summed E-state index contributed by atoms with van der Waals surface area (Å²) in [6.45, 7) is 3.90. The smallest absolute Gasteiger partial charge is 0.275 e. The van der Waals surface area contributed by atoms with Crippen LogP contribution in [0.2, 0.25) is 0 Å². The van der Waals surface area contributed by atoms with Gasteiger partial charge in [-0.25, -0.2) is 8.78 Å². The summed E-state index contributed by atoms with van der Waals surface area (Å²) in [4.78, 5) is 12.5. The normalized spacial score (nSPS) is 13.0. The Labute approximate surface area is 169 Å². The van der Waals surface area contributed by atoms with Crippen molar-refractivity contribution in [1.82, 2.24) is 5.32 Å². The Kier molecular flexibility index (Phi) is 6.73. The highest BCUT2D eigenvalue weighted by Gasteiger charge is 2.20. The van der Waals surface area contributed by atoms with E-state index in [1.807, 2.05) is 42.6 Å². The fraction of sp³-hybridized carbons (Fsp3) is 0.208. The van der Waals surface area contributed by atoms with Crippen LogP contribution in [0.4, 0.5) is 8.78 Å². The summed E-state index contributed by atoms with van der Waals surface area (Å²) in [6, 6.07) is 21.0. The fourth-order valence-corrected chi connectivity index (χ4v) is 3.35. The van der Waals surface area contributed by atoms with E-state index in [2.05, 4.69) is 29.6 Å². The first-order valence-electron chi connectivity index (χ1n) is 9.63. The summed E-state index contributed by atoms with van der Waals surface area (Å²) in [7, 11) is 0. The number of rotatable bonds is 7. The Morgan fingerprint density at radius 1 is 0.966 bits per heavy atom. The number of amides is 1. The molecule has 2 atom stereocenters. The van der Waals surface area contributed by atoms with Gasteiger partial charge in [0.25, 0.3) is 5.91 Å². The molecule has 0 spiro atoms. The Morgan fingerprint density at radius 2 is 1.62 bits per heavy atom. The molecule has 0 fully saturated rings. The zero-order chi connectivity index (χ0) is 20.8. The molecule has 3 N–H and O–H groups in total. The molecule has 3 rings (SSSR count). The number of hydrogen-bond acceptors (Lipinski definition) is 1. The SMILES string of the molecule is Cc1ccc([C@H]([NH2+]CC(=O)N[C@@H](C)c2ccc(F)cc2F)c2ccccc2)cc1. The quantitative estimate of drug-likeness (QED) is 0.628. The van der Waals surface area contributed by atoms with Crippen LogP contribution in [0.5, 0.6) is 0 Å². The standard InChI is InChI=1S/C24H24F2N2O/c1-16-8-10-19(11-9-16)24(18-6-4-3-5-7-18)27-15-23(29)28-17(2)21-13-12-20(25)14-22(21)26/h3-14,17,24,27H,15H2,1-2H3,(H,28,29)/p+1/t17-,24+/m0/s1. The van der Waals surface area contributed by atoms with Gasteiger partial charge in [-0.05, 0) is 19.9 Å². The number of carbonyl (C=O) groups excluding carboxylic acids is 1. The molecule has 3 aromatic rings. The first kappa shape index (κ1) is 20.7. The Hall–Kier alpha value is -3.05. The predicted octanol–water partition coefficient (Wildman–Crippen LogP) is 3.80. The Bertz CT molecular complexity index is 958. The van der Waals surface area contributed by atoms with E-state index in [0.29, 0.717) is 0 Å². The van der Waals surface area contributed by atoms with Crippen LogP contribution in [0.1, 0.15) is 41.3 Å². The summed E-state index contributed by atoms with van der Waals surface area (Å²) < 4.78 is 27.0. The molecule has 29 heavy (non-hydrogen) atoms. The van der Waals surface area contributed by atoms with Crippen LogP contribution in [0.25, 0.3) is 0 Å². The van der Waals surface area contributed by atoms with Crippen LogP contribution in [0, 0.1) is 18.6 Å². The molecule has 0 aliphatic rings. The molecular weight excluding hydrogens is 370 g/mol. The van der Waals surface area contributed by atoms with Gasteiger partial charge in [-0.1, -0.05) is 66.2 Å². The number of hydrogen-bond donors (Lipinski definition) is 2. The molecule has 1 amide bonds. The highest BCUT2D eigenvalue weighted by Crippen LogP contribution is 2.19. The molecule has 0 aliphatic carbocycles. The van der Waals surface area contributed by atoms with E-state index in [1.165, 1.54) is 17.7 Å². The second-order valence-corrected chi connectivity index (χ2v) is 7.19. The topological polar surface area (TPSA) is 45.7 Å². The van der Waals surface area contributed by atoms with Gasteiger partial charge < -0.3 is 10.6 Å². The lowest BCUT2D eigenvalue weighted by atomic mass is 9.98. The molecule has 0 saturated heterocycles. The Morgan fingerprint density at radius 3 is 2.28 bits per heavy atom. The summed E-state index contributed by atoms with van der Waals surface area (Å²) in [5.41, 5.74) is 3.64. The fourth-order valence-electron chi connectivity index (χ4n) is 3.35. The number of halogens is 2. The van der Waals surface area contributed by atoms with E-state index in [1.54, 1.807) is 6.92 Å². The van der Waals surface area contributed by atoms with Crippen LogP contribution >= 0.6 is 0 Å². The lowest BCUT2D eigenvalue weighted by molar-refractivity contribution is -0.676. The number of benzene rings is 3. The van der Waals surface area contributed by atoms with Gasteiger partial charge in [0, 0.05) is 22.8 Å². The number of nitrogens with two attached hydrogens (primary N) is 1. The number of carbonyl (C=O) groups is 1. The Balaban J connectivity index is 1.68. The van der Waals surface area contributed by atoms with E-state index in [4.69, 9.17) is 0 Å². The van der Waals surface area contributed by atoms with Crippen LogP contribution in [0.15, 0.2) is 72.8 Å². The zero-order valence-electron chi connectivity index (χ0n) is 16.5. The van der Waals surface area contributed by atoms with Crippen molar-refractivity contribution in [1.29, 1.82) is 0 Å². The van der Waals surface area contributed by atoms with Crippen molar-refractivity contribution < 1.29 is 18.9 Å². The molecule has 0 aliphatic heterocycles. The number of quaternary nitrogens is 1. The van der Waals surface area contributed by atoms with Crippen LogP contribution < -0.4 is 10.6 Å². The van der Waals surface area contributed by atoms with Crippen molar-refractivity contribution in [3.8, 4) is 0 Å². The first-order chi connectivity index (χ1) is 13.9. The zero-order valence-corrected chi connectivity index (χ0v) is 16.5. The molecule has 0 radical (unpaired) electrons. The highest BCUT2D eigenvalue weighted by atomic mass is 19.1. The van der Waals surface area contributed by atoms with E-state index in [0.717, 1.165) is 17.2 Å². The van der Waals surface area contributed by atoms with Gasteiger partial charge in [-0.3, -0.25) is 4.79 Å². The van der Waals surface area contributed by atoms with Crippen molar-refractivity contribution in [3.63, 3.8) is 0 Å². The predicted molar refractivity (Wildman–Crippen MR) is 109 cm³/mol. The number of aryl methyl sites for hydroxylation is 1. The lowest BCUT2D eigenvalue weighted by Crippen LogP contribution is -2.87. The third kappa shape index (κ3) is 5.48. The van der Waals surface area contributed by atoms with Gasteiger partial charge in [-0.2, -0.15) is 0 Å². The van der Waals surface area contributed by atoms with Gasteiger partial charge >= 0.3 is 0 Å². The molecule has 0 unspecified atom stereocenters. The minimum absolute atomic E-state index is 0.0274. The first-order valence-corrected chi connectivity index (χ1v) is 9.63. The van der Waals surface area contributed by atoms with Crippen molar-refractivity contribution in [3.05, 3.63) is 107 Å². The third-order valence-electron chi connectivity index (χ3n) is 4.94. The van der Waals surface area contributed by atoms with Gasteiger partial charge in [0.1, 0.15) is 17.7 Å². The molecule has 0 heterocycles. The van der Waals surface area contributed by atoms with Crippen molar-refractivity contribution in [2.75, 3.05) is 6.54 Å². The molecule has 0 aromatic heterocycles. The molecule has 0 bridgehead atoms. The summed E-state index contributed by atoms with van der Waals surface area (Å²) in [5, 5.41) is 4.75. The van der Waals surface area contributed by atoms with Crippen LogP contribution in [0.3, 0.4) is 0 Å². The second-order valence-electron chi connectivity index (χ2n) is 7.19. The highest BCUT2D eigenvalue weighted by molar-refractivity contribution is 5.77. The molecule has 3 nitrogen and oxygen atoms in total. The van der Waals surface area contributed by atoms with Crippen LogP contribution in [-0.2, 0) is 4.79 Å².